The molecule has 1 aliphatic heterocycles. The van der Waals surface area contributed by atoms with Crippen molar-refractivity contribution in [2.45, 2.75) is 19.4 Å². The van der Waals surface area contributed by atoms with Crippen LogP contribution < -0.4 is 5.32 Å². The van der Waals surface area contributed by atoms with E-state index in [0.717, 1.165) is 35.7 Å². The van der Waals surface area contributed by atoms with Gasteiger partial charge in [-0.3, -0.25) is 4.98 Å². The first kappa shape index (κ1) is 12.0. The molecule has 1 saturated heterocycles. The van der Waals surface area contributed by atoms with Crippen LogP contribution in [0.15, 0.2) is 22.8 Å². The molecule has 0 amide bonds. The van der Waals surface area contributed by atoms with Crippen LogP contribution in [0.25, 0.3) is 0 Å². The molecule has 3 nitrogen and oxygen atoms in total. The fourth-order valence-corrected chi connectivity index (χ4v) is 2.11. The minimum Gasteiger partial charge on any atom is -0.375 e. The molecule has 0 radical (unpaired) electrons. The second-order valence-corrected chi connectivity index (χ2v) is 5.08. The molecule has 1 N–H and O–H groups in total. The average Bonchev–Trinajstić information content (AvgIpc) is 2.80. The van der Waals surface area contributed by atoms with Crippen LogP contribution in [0.1, 0.15) is 18.5 Å². The molecule has 4 heteroatoms. The lowest BCUT2D eigenvalue weighted by atomic mass is 10.1. The van der Waals surface area contributed by atoms with Crippen LogP contribution in [0.2, 0.25) is 0 Å². The Kier molecular flexibility index (Phi) is 4.75. The molecule has 1 aromatic rings. The number of rotatable bonds is 5. The monoisotopic (exact) mass is 284 g/mol. The van der Waals surface area contributed by atoms with E-state index in [2.05, 4.69) is 26.2 Å². The maximum absolute atomic E-state index is 5.62. The quantitative estimate of drug-likeness (QED) is 0.843. The van der Waals surface area contributed by atoms with E-state index in [4.69, 9.17) is 4.74 Å². The summed E-state index contributed by atoms with van der Waals surface area (Å²) in [7, 11) is 0. The summed E-state index contributed by atoms with van der Waals surface area (Å²) in [6.45, 7) is 3.77. The summed E-state index contributed by atoms with van der Waals surface area (Å²) in [6.07, 6.45) is 4.25. The van der Waals surface area contributed by atoms with E-state index in [9.17, 15) is 0 Å². The Bertz CT molecular complexity index is 309. The van der Waals surface area contributed by atoms with E-state index >= 15 is 0 Å². The van der Waals surface area contributed by atoms with Gasteiger partial charge in [-0.15, -0.1) is 0 Å². The summed E-state index contributed by atoms with van der Waals surface area (Å²) in [4.78, 5) is 4.26. The van der Waals surface area contributed by atoms with Gasteiger partial charge in [0.05, 0.1) is 12.3 Å². The maximum atomic E-state index is 5.62. The Morgan fingerprint density at radius 2 is 2.44 bits per heavy atom. The standard InChI is InChI=1S/C12H17BrN2O/c13-11-1-2-12(15-8-11)9-16-6-4-10-3-5-14-7-10/h1-2,8,10,14H,3-7,9H2. The third kappa shape index (κ3) is 3.85. The van der Waals surface area contributed by atoms with Crippen molar-refractivity contribution in [1.82, 2.24) is 10.3 Å². The second-order valence-electron chi connectivity index (χ2n) is 4.17. The van der Waals surface area contributed by atoms with Gasteiger partial charge in [0.15, 0.2) is 0 Å². The van der Waals surface area contributed by atoms with Crippen molar-refractivity contribution >= 4 is 15.9 Å². The highest BCUT2D eigenvalue weighted by Crippen LogP contribution is 2.12. The first-order chi connectivity index (χ1) is 7.84. The summed E-state index contributed by atoms with van der Waals surface area (Å²) in [6, 6.07) is 3.98. The molecule has 1 aromatic heterocycles. The van der Waals surface area contributed by atoms with Gasteiger partial charge in [-0.2, -0.15) is 0 Å². The molecular weight excluding hydrogens is 268 g/mol. The zero-order chi connectivity index (χ0) is 11.2. The lowest BCUT2D eigenvalue weighted by Crippen LogP contribution is -2.10. The van der Waals surface area contributed by atoms with E-state index < -0.39 is 0 Å². The van der Waals surface area contributed by atoms with Gasteiger partial charge in [0, 0.05) is 17.3 Å². The fourth-order valence-electron chi connectivity index (χ4n) is 1.88. The Balaban J connectivity index is 1.62. The number of halogens is 1. The van der Waals surface area contributed by atoms with Gasteiger partial charge in [0.2, 0.25) is 0 Å². The van der Waals surface area contributed by atoms with Gasteiger partial charge in [0.25, 0.3) is 0 Å². The van der Waals surface area contributed by atoms with Crippen molar-refractivity contribution in [3.63, 3.8) is 0 Å². The molecule has 1 aliphatic rings. The Hall–Kier alpha value is -0.450. The fraction of sp³-hybridized carbons (Fsp3) is 0.583. The highest BCUT2D eigenvalue weighted by Gasteiger charge is 2.13. The van der Waals surface area contributed by atoms with E-state index in [0.29, 0.717) is 6.61 Å². The normalized spacial score (nSPS) is 20.2. The van der Waals surface area contributed by atoms with Crippen molar-refractivity contribution < 1.29 is 4.74 Å². The molecule has 0 spiro atoms. The summed E-state index contributed by atoms with van der Waals surface area (Å²) in [5, 5.41) is 3.36. The van der Waals surface area contributed by atoms with Gasteiger partial charge in [-0.1, -0.05) is 0 Å². The van der Waals surface area contributed by atoms with Crippen LogP contribution in [-0.4, -0.2) is 24.7 Å². The van der Waals surface area contributed by atoms with Gasteiger partial charge in [0.1, 0.15) is 0 Å². The van der Waals surface area contributed by atoms with Gasteiger partial charge < -0.3 is 10.1 Å². The number of ether oxygens (including phenoxy) is 1. The Morgan fingerprint density at radius 3 is 3.12 bits per heavy atom. The van der Waals surface area contributed by atoms with Crippen molar-refractivity contribution in [2.24, 2.45) is 5.92 Å². The molecule has 88 valence electrons. The number of hydrogen-bond donors (Lipinski definition) is 1. The lowest BCUT2D eigenvalue weighted by Gasteiger charge is -2.08. The van der Waals surface area contributed by atoms with Crippen LogP contribution in [0, 0.1) is 5.92 Å². The average molecular weight is 285 g/mol. The number of aromatic nitrogens is 1. The van der Waals surface area contributed by atoms with Crippen molar-refractivity contribution in [3.05, 3.63) is 28.5 Å². The van der Waals surface area contributed by atoms with Gasteiger partial charge in [-0.05, 0) is 59.9 Å². The molecule has 0 bridgehead atoms. The molecule has 2 rings (SSSR count). The van der Waals surface area contributed by atoms with Gasteiger partial charge >= 0.3 is 0 Å². The third-order valence-corrected chi connectivity index (χ3v) is 3.34. The molecule has 1 unspecified atom stereocenters. The number of hydrogen-bond acceptors (Lipinski definition) is 3. The van der Waals surface area contributed by atoms with Crippen LogP contribution in [0.3, 0.4) is 0 Å². The molecular formula is C12H17BrN2O. The molecule has 16 heavy (non-hydrogen) atoms. The zero-order valence-electron chi connectivity index (χ0n) is 9.29. The topological polar surface area (TPSA) is 34.1 Å². The predicted octanol–water partition coefficient (Wildman–Crippen LogP) is 2.36. The first-order valence-electron chi connectivity index (χ1n) is 5.73. The second kappa shape index (κ2) is 6.33. The number of nitrogens with one attached hydrogen (secondary N) is 1. The molecule has 0 saturated carbocycles. The largest absolute Gasteiger partial charge is 0.375 e. The van der Waals surface area contributed by atoms with Crippen molar-refractivity contribution in [3.8, 4) is 0 Å². The summed E-state index contributed by atoms with van der Waals surface area (Å²) in [5.41, 5.74) is 0.993. The van der Waals surface area contributed by atoms with Crippen LogP contribution in [0.4, 0.5) is 0 Å². The van der Waals surface area contributed by atoms with E-state index in [1.54, 1.807) is 6.20 Å². The Morgan fingerprint density at radius 1 is 1.50 bits per heavy atom. The lowest BCUT2D eigenvalue weighted by molar-refractivity contribution is 0.106. The predicted molar refractivity (Wildman–Crippen MR) is 67.2 cm³/mol. The van der Waals surface area contributed by atoms with E-state index in [1.807, 2.05) is 12.1 Å². The van der Waals surface area contributed by atoms with Crippen LogP contribution in [0.5, 0.6) is 0 Å². The number of pyridine rings is 1. The first-order valence-corrected chi connectivity index (χ1v) is 6.53. The molecule has 1 fully saturated rings. The molecule has 2 heterocycles. The van der Waals surface area contributed by atoms with Crippen LogP contribution >= 0.6 is 15.9 Å². The summed E-state index contributed by atoms with van der Waals surface area (Å²) >= 11 is 3.36. The maximum Gasteiger partial charge on any atom is 0.0887 e. The van der Waals surface area contributed by atoms with Crippen LogP contribution in [-0.2, 0) is 11.3 Å². The van der Waals surface area contributed by atoms with Gasteiger partial charge in [-0.25, -0.2) is 0 Å². The highest BCUT2D eigenvalue weighted by molar-refractivity contribution is 9.10. The van der Waals surface area contributed by atoms with Crippen molar-refractivity contribution in [1.29, 1.82) is 0 Å². The number of nitrogens with zero attached hydrogens (tertiary/aromatic N) is 1. The van der Waals surface area contributed by atoms with E-state index in [1.165, 1.54) is 13.0 Å². The minimum atomic E-state index is 0.618. The molecule has 0 aliphatic carbocycles. The van der Waals surface area contributed by atoms with Crippen molar-refractivity contribution in [2.75, 3.05) is 19.7 Å². The van der Waals surface area contributed by atoms with E-state index in [-0.39, 0.29) is 0 Å². The molecule has 1 atom stereocenters. The Labute approximate surface area is 105 Å². The molecule has 0 aromatic carbocycles. The highest BCUT2D eigenvalue weighted by atomic mass is 79.9. The smallest absolute Gasteiger partial charge is 0.0887 e. The summed E-state index contributed by atoms with van der Waals surface area (Å²) in [5.74, 6) is 0.804. The third-order valence-electron chi connectivity index (χ3n) is 2.87. The minimum absolute atomic E-state index is 0.618. The summed E-state index contributed by atoms with van der Waals surface area (Å²) < 4.78 is 6.62. The SMILES string of the molecule is Brc1ccc(COCCC2CCNC2)nc1. The zero-order valence-corrected chi connectivity index (χ0v) is 10.9.